The summed E-state index contributed by atoms with van der Waals surface area (Å²) in [7, 11) is 0. The van der Waals surface area contributed by atoms with E-state index in [0.717, 1.165) is 0 Å². The minimum atomic E-state index is 0. The van der Waals surface area contributed by atoms with Crippen LogP contribution < -0.4 is 0 Å². The van der Waals surface area contributed by atoms with Gasteiger partial charge in [-0.25, -0.2) is 0 Å². The molecule has 0 aliphatic heterocycles. The summed E-state index contributed by atoms with van der Waals surface area (Å²) in [6.45, 7) is 0. The van der Waals surface area contributed by atoms with Crippen LogP contribution in [-0.4, -0.2) is 9.59 Å². The molecule has 1 aromatic heterocycles. The Kier molecular flexibility index (Phi) is 10.4. The molecule has 0 saturated heterocycles. The average molecular weight is 217 g/mol. The first-order valence-corrected chi connectivity index (χ1v) is 2.05. The van der Waals surface area contributed by atoms with Crippen LogP contribution >= 0.6 is 11.5 Å². The van der Waals surface area contributed by atoms with Crippen LogP contribution in [0.5, 0.6) is 0 Å². The van der Waals surface area contributed by atoms with E-state index in [-0.39, 0.29) is 39.0 Å². The van der Waals surface area contributed by atoms with Gasteiger partial charge in [-0.3, -0.25) is 0 Å². The van der Waals surface area contributed by atoms with Gasteiger partial charge in [-0.15, -0.1) is 5.10 Å². The Morgan fingerprint density at radius 1 is 1.29 bits per heavy atom. The van der Waals surface area contributed by atoms with E-state index in [1.165, 1.54) is 11.5 Å². The zero-order chi connectivity index (χ0) is 3.54. The Bertz CT molecular complexity index is 70.2. The number of nitrogens with zero attached hydrogens (tertiary/aromatic N) is 2. The average Bonchev–Trinajstić information content (AvgIpc) is 1.76. The number of hydrogen-bond donors (Lipinski definition) is 0. The topological polar surface area (TPSA) is 25.8 Å². The fourth-order valence-electron chi connectivity index (χ4n) is 0.136. The zero-order valence-corrected chi connectivity index (χ0v) is 10.6. The molecule has 1 heterocycles. The fraction of sp³-hybridized carbons (Fsp3) is 0. The van der Waals surface area contributed by atoms with Gasteiger partial charge in [0.2, 0.25) is 0 Å². The fourth-order valence-corrected chi connectivity index (χ4v) is 0.408. The number of hydrogen-bond acceptors (Lipinski definition) is 3. The predicted molar refractivity (Wildman–Crippen MR) is 19.9 cm³/mol. The van der Waals surface area contributed by atoms with Crippen molar-refractivity contribution in [2.45, 2.75) is 0 Å². The molecule has 0 spiro atoms. The molecule has 0 aromatic carbocycles. The first-order chi connectivity index (χ1) is 2.50. The molecule has 0 atom stereocenters. The van der Waals surface area contributed by atoms with Gasteiger partial charge in [0.1, 0.15) is 0 Å². The van der Waals surface area contributed by atoms with Gasteiger partial charge in [-0.05, 0) is 11.5 Å². The molecule has 1 aromatic rings. The normalized spacial score (nSPS) is 5.71. The third-order valence-corrected chi connectivity index (χ3v) is 0.715. The van der Waals surface area contributed by atoms with E-state index >= 15 is 0 Å². The molecule has 0 amide bonds. The summed E-state index contributed by atoms with van der Waals surface area (Å²) in [5.74, 6) is 0. The van der Waals surface area contributed by atoms with E-state index < -0.39 is 0 Å². The van der Waals surface area contributed by atoms with Crippen molar-refractivity contribution in [3.63, 3.8) is 0 Å². The van der Waals surface area contributed by atoms with Crippen molar-refractivity contribution >= 4 is 11.5 Å². The van der Waals surface area contributed by atoms with Crippen LogP contribution in [-0.2, 0) is 39.0 Å². The smallest absolute Gasteiger partial charge is 0.0620 e. The predicted octanol–water partition coefficient (Wildman–Crippen LogP) is 0.533. The van der Waals surface area contributed by atoms with Crippen molar-refractivity contribution in [2.24, 2.45) is 0 Å². The van der Waals surface area contributed by atoms with Gasteiger partial charge in [-0.2, -0.15) is 0 Å². The molecule has 1 rings (SSSR count). The van der Waals surface area contributed by atoms with E-state index in [1.807, 2.05) is 5.38 Å². The van der Waals surface area contributed by atoms with E-state index in [2.05, 4.69) is 9.59 Å². The van der Waals surface area contributed by atoms with Gasteiger partial charge < -0.3 is 0 Å². The summed E-state index contributed by atoms with van der Waals surface area (Å²) in [5, 5.41) is 5.31. The first kappa shape index (κ1) is 10.7. The van der Waals surface area contributed by atoms with Crippen molar-refractivity contribution in [1.29, 1.82) is 0 Å². The van der Waals surface area contributed by atoms with Gasteiger partial charge in [0.15, 0.2) is 0 Å². The summed E-state index contributed by atoms with van der Waals surface area (Å²) in [5.41, 5.74) is 0. The van der Waals surface area contributed by atoms with Crippen LogP contribution in [0.15, 0.2) is 11.6 Å². The SMILES string of the molecule is [Zn].[Zn].c1csnn1. The molecular formula is C2H2N2SZn2. The molecular weight excluding hydrogens is 215 g/mol. The molecule has 0 aliphatic carbocycles. The van der Waals surface area contributed by atoms with Gasteiger partial charge in [0, 0.05) is 44.3 Å². The Labute approximate surface area is 71.4 Å². The van der Waals surface area contributed by atoms with E-state index in [0.29, 0.717) is 0 Å². The number of aromatic nitrogens is 2. The molecule has 0 aliphatic rings. The maximum Gasteiger partial charge on any atom is 0.0620 e. The molecule has 30 valence electrons. The summed E-state index contributed by atoms with van der Waals surface area (Å²) < 4.78 is 3.51. The monoisotopic (exact) mass is 214 g/mol. The maximum absolute atomic E-state index is 3.51. The third kappa shape index (κ3) is 4.66. The summed E-state index contributed by atoms with van der Waals surface area (Å²) in [6.07, 6.45) is 1.66. The van der Waals surface area contributed by atoms with Crippen LogP contribution in [0.2, 0.25) is 0 Å². The summed E-state index contributed by atoms with van der Waals surface area (Å²) in [6, 6.07) is 0. The van der Waals surface area contributed by atoms with Crippen LogP contribution in [0, 0.1) is 0 Å². The van der Waals surface area contributed by atoms with Gasteiger partial charge in [-0.1, -0.05) is 4.49 Å². The van der Waals surface area contributed by atoms with E-state index in [1.54, 1.807) is 6.20 Å². The van der Waals surface area contributed by atoms with Gasteiger partial charge in [0.05, 0.1) is 6.20 Å². The first-order valence-electron chi connectivity index (χ1n) is 1.21. The molecule has 0 N–H and O–H groups in total. The van der Waals surface area contributed by atoms with Crippen molar-refractivity contribution in [3.8, 4) is 0 Å². The van der Waals surface area contributed by atoms with E-state index in [9.17, 15) is 0 Å². The standard InChI is InChI=1S/C2H2N2S.2Zn/c1-2-5-4-3-1;;/h1-2H;;. The zero-order valence-electron chi connectivity index (χ0n) is 3.87. The Hall–Kier alpha value is 0.807. The minimum absolute atomic E-state index is 0. The maximum atomic E-state index is 3.51. The second-order valence-electron chi connectivity index (χ2n) is 0.588. The molecule has 5 heteroatoms. The second kappa shape index (κ2) is 6.81. The molecule has 2 nitrogen and oxygen atoms in total. The molecule has 0 unspecified atom stereocenters. The van der Waals surface area contributed by atoms with Gasteiger partial charge >= 0.3 is 0 Å². The van der Waals surface area contributed by atoms with Crippen molar-refractivity contribution < 1.29 is 39.0 Å². The minimum Gasteiger partial charge on any atom is -0.147 e. The molecule has 0 radical (unpaired) electrons. The largest absolute Gasteiger partial charge is 0.147 e. The molecule has 7 heavy (non-hydrogen) atoms. The molecule has 0 bridgehead atoms. The van der Waals surface area contributed by atoms with E-state index in [4.69, 9.17) is 0 Å². The van der Waals surface area contributed by atoms with Gasteiger partial charge in [0.25, 0.3) is 0 Å². The molecule has 0 fully saturated rings. The van der Waals surface area contributed by atoms with Crippen molar-refractivity contribution in [3.05, 3.63) is 11.6 Å². The quantitative estimate of drug-likeness (QED) is 0.592. The van der Waals surface area contributed by atoms with Crippen molar-refractivity contribution in [2.75, 3.05) is 0 Å². The Balaban J connectivity index is 0. The van der Waals surface area contributed by atoms with Crippen LogP contribution in [0.4, 0.5) is 0 Å². The van der Waals surface area contributed by atoms with Crippen molar-refractivity contribution in [1.82, 2.24) is 9.59 Å². The summed E-state index contributed by atoms with van der Waals surface area (Å²) >= 11 is 1.35. The van der Waals surface area contributed by atoms with Crippen LogP contribution in [0.1, 0.15) is 0 Å². The third-order valence-electron chi connectivity index (χ3n) is 0.283. The van der Waals surface area contributed by atoms with Crippen LogP contribution in [0.25, 0.3) is 0 Å². The Morgan fingerprint density at radius 2 is 2.00 bits per heavy atom. The summed E-state index contributed by atoms with van der Waals surface area (Å²) in [4.78, 5) is 0. The number of rotatable bonds is 0. The Morgan fingerprint density at radius 3 is 2.14 bits per heavy atom. The van der Waals surface area contributed by atoms with Crippen LogP contribution in [0.3, 0.4) is 0 Å². The molecule has 0 saturated carbocycles. The second-order valence-corrected chi connectivity index (χ2v) is 1.23.